The Morgan fingerprint density at radius 3 is 2.14 bits per heavy atom. The summed E-state index contributed by atoms with van der Waals surface area (Å²) in [5, 5.41) is 9.23. The molecule has 3 N–H and O–H groups in total. The molecule has 0 unspecified atom stereocenters. The number of amides is 1. The van der Waals surface area contributed by atoms with Crippen LogP contribution >= 0.6 is 11.8 Å². The number of benzene rings is 2. The van der Waals surface area contributed by atoms with Crippen molar-refractivity contribution in [3.8, 4) is 11.1 Å². The summed E-state index contributed by atoms with van der Waals surface area (Å²) >= 11 is 0.721. The van der Waals surface area contributed by atoms with Crippen molar-refractivity contribution in [1.82, 2.24) is 4.90 Å². The standard InChI is InChI=1S/C26H32N2O6S/c1-26(2,3)34-25(32)35-16-22(23(29)30)28(14-8-13-27)24(31)33-15-21-19-11-6-4-9-17(19)18-10-5-7-12-20(18)21/h4-7,9-12,21-22H,8,13-16,27H2,1-3H3,(H,29,30)/t22-/m0/s1. The second-order valence-electron chi connectivity index (χ2n) is 9.27. The number of nitrogens with two attached hydrogens (primary N) is 1. The van der Waals surface area contributed by atoms with Gasteiger partial charge in [0.05, 0.1) is 0 Å². The molecule has 0 saturated heterocycles. The molecule has 9 heteroatoms. The lowest BCUT2D eigenvalue weighted by Crippen LogP contribution is -2.48. The Hall–Kier alpha value is -3.04. The Morgan fingerprint density at radius 1 is 1.06 bits per heavy atom. The minimum Gasteiger partial charge on any atom is -0.480 e. The van der Waals surface area contributed by atoms with Gasteiger partial charge in [-0.2, -0.15) is 0 Å². The van der Waals surface area contributed by atoms with E-state index >= 15 is 0 Å². The van der Waals surface area contributed by atoms with Crippen molar-refractivity contribution in [1.29, 1.82) is 0 Å². The summed E-state index contributed by atoms with van der Waals surface area (Å²) in [6.07, 6.45) is -0.358. The zero-order valence-electron chi connectivity index (χ0n) is 20.2. The van der Waals surface area contributed by atoms with Gasteiger partial charge in [-0.05, 0) is 67.8 Å². The highest BCUT2D eigenvalue weighted by Crippen LogP contribution is 2.44. The van der Waals surface area contributed by atoms with Gasteiger partial charge in [0.15, 0.2) is 0 Å². The minimum atomic E-state index is -1.27. The zero-order valence-corrected chi connectivity index (χ0v) is 21.0. The van der Waals surface area contributed by atoms with Gasteiger partial charge in [-0.25, -0.2) is 14.4 Å². The summed E-state index contributed by atoms with van der Waals surface area (Å²) in [5.74, 6) is -1.55. The first-order valence-electron chi connectivity index (χ1n) is 11.5. The predicted molar refractivity (Wildman–Crippen MR) is 136 cm³/mol. The van der Waals surface area contributed by atoms with Crippen LogP contribution in [0.2, 0.25) is 0 Å². The molecule has 0 bridgehead atoms. The van der Waals surface area contributed by atoms with Crippen LogP contribution in [0.1, 0.15) is 44.2 Å². The first-order chi connectivity index (χ1) is 16.6. The predicted octanol–water partition coefficient (Wildman–Crippen LogP) is 4.71. The van der Waals surface area contributed by atoms with Crippen molar-refractivity contribution < 1.29 is 29.0 Å². The van der Waals surface area contributed by atoms with Crippen molar-refractivity contribution in [2.24, 2.45) is 5.73 Å². The number of fused-ring (bicyclic) bond motifs is 3. The highest BCUT2D eigenvalue weighted by molar-refractivity contribution is 8.13. The third kappa shape index (κ3) is 6.76. The molecule has 1 aliphatic rings. The van der Waals surface area contributed by atoms with E-state index in [1.165, 1.54) is 0 Å². The Bertz CT molecular complexity index is 1020. The number of carbonyl (C=O) groups excluding carboxylic acids is 2. The molecule has 0 aromatic heterocycles. The Balaban J connectivity index is 1.73. The van der Waals surface area contributed by atoms with E-state index in [2.05, 4.69) is 0 Å². The van der Waals surface area contributed by atoms with Crippen molar-refractivity contribution in [3.05, 3.63) is 59.7 Å². The fraction of sp³-hybridized carbons (Fsp3) is 0.423. The van der Waals surface area contributed by atoms with E-state index in [4.69, 9.17) is 15.2 Å². The van der Waals surface area contributed by atoms with Crippen LogP contribution in [-0.4, -0.2) is 64.5 Å². The number of carboxylic acids is 1. The van der Waals surface area contributed by atoms with Crippen LogP contribution < -0.4 is 5.73 Å². The van der Waals surface area contributed by atoms with Crippen LogP contribution in [0.4, 0.5) is 9.59 Å². The van der Waals surface area contributed by atoms with E-state index < -0.39 is 29.0 Å². The molecule has 35 heavy (non-hydrogen) atoms. The molecule has 0 radical (unpaired) electrons. The second kappa shape index (κ2) is 11.6. The van der Waals surface area contributed by atoms with Gasteiger partial charge in [-0.3, -0.25) is 4.90 Å². The summed E-state index contributed by atoms with van der Waals surface area (Å²) in [6.45, 7) is 5.62. The molecule has 0 saturated carbocycles. The molecule has 188 valence electrons. The fourth-order valence-electron chi connectivity index (χ4n) is 4.03. The molecule has 8 nitrogen and oxygen atoms in total. The maximum Gasteiger partial charge on any atom is 0.410 e. The lowest BCUT2D eigenvalue weighted by Gasteiger charge is -2.29. The van der Waals surface area contributed by atoms with Crippen LogP contribution in [0.5, 0.6) is 0 Å². The number of rotatable bonds is 9. The van der Waals surface area contributed by atoms with Gasteiger partial charge in [-0.1, -0.05) is 48.5 Å². The van der Waals surface area contributed by atoms with Gasteiger partial charge in [0.2, 0.25) is 0 Å². The van der Waals surface area contributed by atoms with Crippen LogP contribution in [0, 0.1) is 0 Å². The van der Waals surface area contributed by atoms with Gasteiger partial charge in [0, 0.05) is 18.2 Å². The van der Waals surface area contributed by atoms with E-state index in [1.54, 1.807) is 20.8 Å². The van der Waals surface area contributed by atoms with E-state index in [0.717, 1.165) is 38.9 Å². The average Bonchev–Trinajstić information content (AvgIpc) is 3.12. The molecule has 0 fully saturated rings. The maximum atomic E-state index is 13.1. The second-order valence-corrected chi connectivity index (χ2v) is 10.2. The number of thioether (sulfide) groups is 1. The van der Waals surface area contributed by atoms with Crippen molar-refractivity contribution in [2.75, 3.05) is 25.4 Å². The Morgan fingerprint density at radius 2 is 1.63 bits per heavy atom. The molecule has 1 atom stereocenters. The van der Waals surface area contributed by atoms with E-state index in [0.29, 0.717) is 6.42 Å². The quantitative estimate of drug-likeness (QED) is 0.475. The first kappa shape index (κ1) is 26.6. The monoisotopic (exact) mass is 500 g/mol. The average molecular weight is 501 g/mol. The van der Waals surface area contributed by atoms with Gasteiger partial charge >= 0.3 is 17.4 Å². The number of aliphatic carboxylic acids is 1. The number of hydrogen-bond donors (Lipinski definition) is 2. The zero-order chi connectivity index (χ0) is 25.6. The van der Waals surface area contributed by atoms with Crippen molar-refractivity contribution >= 4 is 29.1 Å². The molecule has 3 rings (SSSR count). The summed E-state index contributed by atoms with van der Waals surface area (Å²) in [5.41, 5.74) is 9.24. The summed E-state index contributed by atoms with van der Waals surface area (Å²) in [4.78, 5) is 38.4. The van der Waals surface area contributed by atoms with Crippen molar-refractivity contribution in [3.63, 3.8) is 0 Å². The van der Waals surface area contributed by atoms with E-state index in [9.17, 15) is 19.5 Å². The molecule has 1 aliphatic carbocycles. The number of carboxylic acid groups (broad SMARTS) is 1. The number of hydrogen-bond acceptors (Lipinski definition) is 7. The highest BCUT2D eigenvalue weighted by Gasteiger charge is 2.34. The van der Waals surface area contributed by atoms with Crippen LogP contribution in [0.25, 0.3) is 11.1 Å². The highest BCUT2D eigenvalue weighted by atomic mass is 32.2. The first-order valence-corrected chi connectivity index (χ1v) is 12.5. The van der Waals surface area contributed by atoms with E-state index in [-0.39, 0.29) is 31.4 Å². The van der Waals surface area contributed by atoms with Gasteiger partial charge < -0.3 is 20.3 Å². The normalized spacial score (nSPS) is 13.5. The number of carbonyl (C=O) groups is 3. The topological polar surface area (TPSA) is 119 Å². The third-order valence-corrected chi connectivity index (χ3v) is 6.39. The van der Waals surface area contributed by atoms with Crippen LogP contribution in [0.15, 0.2) is 48.5 Å². The maximum absolute atomic E-state index is 13.1. The van der Waals surface area contributed by atoms with Gasteiger partial charge in [0.25, 0.3) is 0 Å². The lowest BCUT2D eigenvalue weighted by molar-refractivity contribution is -0.141. The minimum absolute atomic E-state index is 0.0670. The summed E-state index contributed by atoms with van der Waals surface area (Å²) in [6, 6.07) is 14.7. The SMILES string of the molecule is CC(C)(C)OC(=O)SC[C@@H](C(=O)O)N(CCCN)C(=O)OCC1c2ccccc2-c2ccccc21. The molecule has 0 aliphatic heterocycles. The summed E-state index contributed by atoms with van der Waals surface area (Å²) < 4.78 is 10.9. The molecular weight excluding hydrogens is 468 g/mol. The number of ether oxygens (including phenoxy) is 2. The van der Waals surface area contributed by atoms with Crippen LogP contribution in [0.3, 0.4) is 0 Å². The number of nitrogens with zero attached hydrogens (tertiary/aromatic N) is 1. The van der Waals surface area contributed by atoms with E-state index in [1.807, 2.05) is 48.5 Å². The smallest absolute Gasteiger partial charge is 0.410 e. The molecule has 2 aromatic carbocycles. The molecule has 1 amide bonds. The fourth-order valence-corrected chi connectivity index (χ4v) is 4.96. The van der Waals surface area contributed by atoms with Crippen LogP contribution in [-0.2, 0) is 14.3 Å². The third-order valence-electron chi connectivity index (χ3n) is 5.58. The van der Waals surface area contributed by atoms with Crippen molar-refractivity contribution in [2.45, 2.75) is 44.8 Å². The van der Waals surface area contributed by atoms with Gasteiger partial charge in [-0.15, -0.1) is 0 Å². The summed E-state index contributed by atoms with van der Waals surface area (Å²) in [7, 11) is 0. The molecule has 0 heterocycles. The molecule has 2 aromatic rings. The van der Waals surface area contributed by atoms with Gasteiger partial charge in [0.1, 0.15) is 18.2 Å². The molecular formula is C26H32N2O6S. The Labute approximate surface area is 209 Å². The largest absolute Gasteiger partial charge is 0.480 e. The lowest BCUT2D eigenvalue weighted by atomic mass is 9.98. The Kier molecular flexibility index (Phi) is 8.80. The molecule has 0 spiro atoms.